The number of fused-ring (bicyclic) bond motifs is 1. The first kappa shape index (κ1) is 21.8. The van der Waals surface area contributed by atoms with E-state index in [2.05, 4.69) is 11.0 Å². The van der Waals surface area contributed by atoms with Gasteiger partial charge in [-0.05, 0) is 61.7 Å². The largest absolute Gasteiger partial charge is 0.348 e. The van der Waals surface area contributed by atoms with Gasteiger partial charge in [0, 0.05) is 44.3 Å². The molecule has 2 aliphatic rings. The zero-order valence-corrected chi connectivity index (χ0v) is 19.1. The van der Waals surface area contributed by atoms with Gasteiger partial charge in [0.1, 0.15) is 0 Å². The van der Waals surface area contributed by atoms with E-state index in [4.69, 9.17) is 11.6 Å². The molecule has 0 aromatic heterocycles. The molecule has 2 amide bonds. The fourth-order valence-corrected chi connectivity index (χ4v) is 5.09. The smallest absolute Gasteiger partial charge is 0.232 e. The van der Waals surface area contributed by atoms with Crippen molar-refractivity contribution >= 4 is 29.1 Å². The number of amides is 2. The van der Waals surface area contributed by atoms with Crippen molar-refractivity contribution in [3.63, 3.8) is 0 Å². The molecule has 0 bridgehead atoms. The maximum absolute atomic E-state index is 13.2. The first-order valence-corrected chi connectivity index (χ1v) is 11.4. The zero-order chi connectivity index (χ0) is 22.0. The molecule has 2 aliphatic heterocycles. The molecule has 0 saturated carbocycles. The highest BCUT2D eigenvalue weighted by Crippen LogP contribution is 2.38. The molecule has 1 saturated heterocycles. The number of hydrogen-bond acceptors (Lipinski definition) is 3. The minimum absolute atomic E-state index is 0.148. The van der Waals surface area contributed by atoms with Gasteiger partial charge in [-0.15, -0.1) is 0 Å². The lowest BCUT2D eigenvalue weighted by Crippen LogP contribution is -2.52. The van der Waals surface area contributed by atoms with Crippen LogP contribution in [0, 0.1) is 0 Å². The number of hydrogen-bond donors (Lipinski definition) is 0. The average molecular weight is 440 g/mol. The fraction of sp³-hybridized carbons (Fsp3) is 0.440. The Labute approximate surface area is 189 Å². The highest BCUT2D eigenvalue weighted by Gasteiger charge is 2.43. The van der Waals surface area contributed by atoms with Gasteiger partial charge in [-0.25, -0.2) is 0 Å². The number of carbonyl (C=O) groups is 2. The Morgan fingerprint density at radius 1 is 1.00 bits per heavy atom. The molecule has 2 aromatic carbocycles. The van der Waals surface area contributed by atoms with Crippen molar-refractivity contribution < 1.29 is 9.59 Å². The lowest BCUT2D eigenvalue weighted by atomic mass is 9.71. The molecule has 164 valence electrons. The van der Waals surface area contributed by atoms with Crippen LogP contribution in [-0.2, 0) is 21.4 Å². The van der Waals surface area contributed by atoms with E-state index >= 15 is 0 Å². The molecule has 6 heteroatoms. The van der Waals surface area contributed by atoms with Gasteiger partial charge in [-0.2, -0.15) is 0 Å². The Morgan fingerprint density at radius 2 is 1.68 bits per heavy atom. The molecule has 0 unspecified atom stereocenters. The van der Waals surface area contributed by atoms with Crippen LogP contribution in [0.15, 0.2) is 48.5 Å². The lowest BCUT2D eigenvalue weighted by Gasteiger charge is -2.43. The third-order valence-electron chi connectivity index (χ3n) is 6.75. The van der Waals surface area contributed by atoms with Crippen LogP contribution in [0.5, 0.6) is 0 Å². The SMILES string of the molecule is CN(C)C(=O)C1(c2ccc(Cl)cc2)CCN(CCN2C(=O)CCc3ccccc32)CC1. The molecular formula is C25H30ClN3O2. The van der Waals surface area contributed by atoms with Crippen molar-refractivity contribution in [2.75, 3.05) is 45.2 Å². The van der Waals surface area contributed by atoms with Gasteiger partial charge in [-0.1, -0.05) is 41.9 Å². The predicted octanol–water partition coefficient (Wildman–Crippen LogP) is 3.74. The van der Waals surface area contributed by atoms with Crippen LogP contribution in [-0.4, -0.2) is 61.9 Å². The number of likely N-dealkylation sites (N-methyl/N-ethyl adjacent to an activating group) is 1. The number of rotatable bonds is 5. The number of aryl methyl sites for hydroxylation is 1. The number of anilines is 1. The second-order valence-corrected chi connectivity index (χ2v) is 9.24. The molecular weight excluding hydrogens is 410 g/mol. The van der Waals surface area contributed by atoms with Gasteiger partial charge in [0.2, 0.25) is 11.8 Å². The molecule has 0 N–H and O–H groups in total. The lowest BCUT2D eigenvalue weighted by molar-refractivity contribution is -0.136. The van der Waals surface area contributed by atoms with Crippen molar-refractivity contribution in [1.29, 1.82) is 0 Å². The molecule has 2 heterocycles. The van der Waals surface area contributed by atoms with E-state index in [9.17, 15) is 9.59 Å². The molecule has 0 atom stereocenters. The summed E-state index contributed by atoms with van der Waals surface area (Å²) in [6, 6.07) is 15.9. The molecule has 0 aliphatic carbocycles. The van der Waals surface area contributed by atoms with Gasteiger partial charge >= 0.3 is 0 Å². The summed E-state index contributed by atoms with van der Waals surface area (Å²) in [5.41, 5.74) is 2.82. The Hall–Kier alpha value is -2.37. The Balaban J connectivity index is 1.45. The van der Waals surface area contributed by atoms with Gasteiger partial charge < -0.3 is 14.7 Å². The van der Waals surface area contributed by atoms with Crippen LogP contribution in [0.2, 0.25) is 5.02 Å². The van der Waals surface area contributed by atoms with Crippen LogP contribution in [0.4, 0.5) is 5.69 Å². The van der Waals surface area contributed by atoms with Crippen molar-refractivity contribution in [3.8, 4) is 0 Å². The maximum Gasteiger partial charge on any atom is 0.232 e. The number of benzene rings is 2. The van der Waals surface area contributed by atoms with Crippen molar-refractivity contribution in [2.24, 2.45) is 0 Å². The summed E-state index contributed by atoms with van der Waals surface area (Å²) in [5, 5.41) is 0.681. The number of nitrogens with zero attached hydrogens (tertiary/aromatic N) is 3. The number of carbonyl (C=O) groups excluding carboxylic acids is 2. The van der Waals surface area contributed by atoms with E-state index in [0.717, 1.165) is 50.1 Å². The number of likely N-dealkylation sites (tertiary alicyclic amines) is 1. The molecule has 4 rings (SSSR count). The van der Waals surface area contributed by atoms with Crippen LogP contribution in [0.3, 0.4) is 0 Å². The molecule has 2 aromatic rings. The Morgan fingerprint density at radius 3 is 2.35 bits per heavy atom. The third-order valence-corrected chi connectivity index (χ3v) is 7.01. The van der Waals surface area contributed by atoms with Gasteiger partial charge in [0.25, 0.3) is 0 Å². The first-order valence-electron chi connectivity index (χ1n) is 11.0. The molecule has 0 spiro atoms. The summed E-state index contributed by atoms with van der Waals surface area (Å²) in [4.78, 5) is 31.8. The molecule has 1 fully saturated rings. The highest BCUT2D eigenvalue weighted by atomic mass is 35.5. The number of halogens is 1. The first-order chi connectivity index (χ1) is 14.9. The minimum Gasteiger partial charge on any atom is -0.348 e. The van der Waals surface area contributed by atoms with Crippen molar-refractivity contribution in [3.05, 3.63) is 64.7 Å². The van der Waals surface area contributed by atoms with Gasteiger partial charge in [-0.3, -0.25) is 9.59 Å². The summed E-state index contributed by atoms with van der Waals surface area (Å²) in [6.07, 6.45) is 2.92. The number of para-hydroxylation sites is 1. The topological polar surface area (TPSA) is 43.9 Å². The second kappa shape index (κ2) is 9.01. The predicted molar refractivity (Wildman–Crippen MR) is 125 cm³/mol. The summed E-state index contributed by atoms with van der Waals surface area (Å²) in [5.74, 6) is 0.351. The zero-order valence-electron chi connectivity index (χ0n) is 18.3. The third kappa shape index (κ3) is 4.35. The summed E-state index contributed by atoms with van der Waals surface area (Å²) in [7, 11) is 3.65. The van der Waals surface area contributed by atoms with Crippen molar-refractivity contribution in [1.82, 2.24) is 9.80 Å². The monoisotopic (exact) mass is 439 g/mol. The molecule has 31 heavy (non-hydrogen) atoms. The van der Waals surface area contributed by atoms with E-state index in [1.807, 2.05) is 61.5 Å². The standard InChI is InChI=1S/C25H30ClN3O2/c1-27(2)24(31)25(20-8-10-21(26)11-9-20)13-15-28(16-14-25)17-18-29-22-6-4-3-5-19(22)7-12-23(29)30/h3-6,8-11H,7,12-18H2,1-2H3. The van der Waals surface area contributed by atoms with Crippen LogP contribution in [0.1, 0.15) is 30.4 Å². The van der Waals surface area contributed by atoms with E-state index in [1.54, 1.807) is 4.90 Å². The second-order valence-electron chi connectivity index (χ2n) is 8.80. The number of piperidine rings is 1. The van der Waals surface area contributed by atoms with E-state index in [1.165, 1.54) is 5.56 Å². The average Bonchev–Trinajstić information content (AvgIpc) is 2.79. The van der Waals surface area contributed by atoms with Crippen molar-refractivity contribution in [2.45, 2.75) is 31.1 Å². The molecule has 0 radical (unpaired) electrons. The normalized spacial score (nSPS) is 18.5. The Kier molecular flexibility index (Phi) is 6.35. The van der Waals surface area contributed by atoms with Gasteiger partial charge in [0.05, 0.1) is 5.41 Å². The van der Waals surface area contributed by atoms with Crippen LogP contribution in [0.25, 0.3) is 0 Å². The van der Waals surface area contributed by atoms with E-state index in [-0.39, 0.29) is 11.8 Å². The highest BCUT2D eigenvalue weighted by molar-refractivity contribution is 6.30. The fourth-order valence-electron chi connectivity index (χ4n) is 4.96. The van der Waals surface area contributed by atoms with E-state index in [0.29, 0.717) is 18.0 Å². The summed E-state index contributed by atoms with van der Waals surface area (Å²) in [6.45, 7) is 3.15. The quantitative estimate of drug-likeness (QED) is 0.712. The van der Waals surface area contributed by atoms with Crippen LogP contribution < -0.4 is 4.90 Å². The van der Waals surface area contributed by atoms with Crippen LogP contribution >= 0.6 is 11.6 Å². The summed E-state index contributed by atoms with van der Waals surface area (Å²) < 4.78 is 0. The molecule has 5 nitrogen and oxygen atoms in total. The van der Waals surface area contributed by atoms with E-state index < -0.39 is 5.41 Å². The van der Waals surface area contributed by atoms with Gasteiger partial charge in [0.15, 0.2) is 0 Å². The summed E-state index contributed by atoms with van der Waals surface area (Å²) >= 11 is 6.09. The Bertz CT molecular complexity index is 949. The minimum atomic E-state index is -0.516. The maximum atomic E-state index is 13.2.